The first-order valence-corrected chi connectivity index (χ1v) is 10.7. The minimum absolute atomic E-state index is 0.0365. The number of amides is 2. The van der Waals surface area contributed by atoms with E-state index in [1.807, 2.05) is 41.8 Å². The van der Waals surface area contributed by atoms with Gasteiger partial charge in [0.25, 0.3) is 5.91 Å². The van der Waals surface area contributed by atoms with Crippen molar-refractivity contribution in [2.75, 3.05) is 13.1 Å². The normalized spacial score (nSPS) is 15.8. The minimum Gasteiger partial charge on any atom is -0.361 e. The summed E-state index contributed by atoms with van der Waals surface area (Å²) in [5.41, 5.74) is 2.48. The zero-order valence-electron chi connectivity index (χ0n) is 16.2. The molecule has 1 fully saturated rings. The first-order valence-electron chi connectivity index (χ1n) is 9.72. The molecular weight excluding hydrogens is 386 g/mol. The molecule has 1 aliphatic rings. The number of hydrogen-bond acceptors (Lipinski definition) is 5. The van der Waals surface area contributed by atoms with Crippen LogP contribution in [0.4, 0.5) is 0 Å². The van der Waals surface area contributed by atoms with E-state index in [0.717, 1.165) is 11.1 Å². The van der Waals surface area contributed by atoms with Crippen molar-refractivity contribution < 1.29 is 14.1 Å². The van der Waals surface area contributed by atoms with Crippen molar-refractivity contribution in [3.63, 3.8) is 0 Å². The van der Waals surface area contributed by atoms with Crippen LogP contribution in [0.5, 0.6) is 0 Å². The molecule has 0 aliphatic carbocycles. The number of hydrogen-bond donors (Lipinski definition) is 1. The van der Waals surface area contributed by atoms with Gasteiger partial charge in [-0.1, -0.05) is 35.5 Å². The van der Waals surface area contributed by atoms with Gasteiger partial charge in [0.15, 0.2) is 5.69 Å². The van der Waals surface area contributed by atoms with Crippen LogP contribution in [0.1, 0.15) is 46.3 Å². The van der Waals surface area contributed by atoms with Crippen LogP contribution in [0.3, 0.4) is 0 Å². The highest BCUT2D eigenvalue weighted by Crippen LogP contribution is 2.26. The van der Waals surface area contributed by atoms with Crippen LogP contribution in [0.15, 0.2) is 57.7 Å². The minimum atomic E-state index is -0.160. The summed E-state index contributed by atoms with van der Waals surface area (Å²) in [7, 11) is 0. The van der Waals surface area contributed by atoms with E-state index in [4.69, 9.17) is 4.52 Å². The summed E-state index contributed by atoms with van der Waals surface area (Å²) in [6.07, 6.45) is 1.28. The summed E-state index contributed by atoms with van der Waals surface area (Å²) in [4.78, 5) is 27.2. The second-order valence-corrected chi connectivity index (χ2v) is 8.08. The van der Waals surface area contributed by atoms with Crippen LogP contribution < -0.4 is 5.32 Å². The molecule has 0 saturated carbocycles. The Kier molecular flexibility index (Phi) is 5.76. The molecule has 150 valence electrons. The van der Waals surface area contributed by atoms with Crippen molar-refractivity contribution in [2.24, 2.45) is 5.92 Å². The molecule has 1 atom stereocenters. The van der Waals surface area contributed by atoms with Crippen LogP contribution in [0.2, 0.25) is 0 Å². The van der Waals surface area contributed by atoms with E-state index >= 15 is 0 Å². The van der Waals surface area contributed by atoms with Crippen molar-refractivity contribution in [1.82, 2.24) is 15.4 Å². The predicted molar refractivity (Wildman–Crippen MR) is 111 cm³/mol. The molecule has 0 spiro atoms. The second kappa shape index (κ2) is 8.61. The van der Waals surface area contributed by atoms with Crippen LogP contribution in [-0.4, -0.2) is 35.0 Å². The van der Waals surface area contributed by atoms with Gasteiger partial charge in [-0.15, -0.1) is 0 Å². The lowest BCUT2D eigenvalue weighted by atomic mass is 9.94. The van der Waals surface area contributed by atoms with E-state index in [9.17, 15) is 9.59 Å². The molecule has 1 saturated heterocycles. The van der Waals surface area contributed by atoms with Crippen LogP contribution in [0.25, 0.3) is 0 Å². The summed E-state index contributed by atoms with van der Waals surface area (Å²) >= 11 is 1.62. The van der Waals surface area contributed by atoms with Crippen molar-refractivity contribution >= 4 is 23.2 Å². The number of aryl methyl sites for hydroxylation is 1. The lowest BCUT2D eigenvalue weighted by Gasteiger charge is -2.31. The van der Waals surface area contributed by atoms with Crippen LogP contribution in [-0.2, 0) is 4.79 Å². The molecule has 4 rings (SSSR count). The average Bonchev–Trinajstić information content (AvgIpc) is 3.44. The summed E-state index contributed by atoms with van der Waals surface area (Å²) in [6.45, 7) is 2.84. The van der Waals surface area contributed by atoms with Gasteiger partial charge in [-0.05, 0) is 47.7 Å². The van der Waals surface area contributed by atoms with Crippen molar-refractivity contribution in [3.8, 4) is 0 Å². The standard InChI is InChI=1S/C22H23N3O3S/c1-15-13-19(24-28-15)22(27)25-10-7-17(8-11-25)21(26)23-20(18-9-12-29-14-18)16-5-3-2-4-6-16/h2-6,9,12-14,17,20H,7-8,10-11H2,1H3,(H,23,26). The van der Waals surface area contributed by atoms with Gasteiger partial charge in [0.2, 0.25) is 5.91 Å². The molecule has 6 nitrogen and oxygen atoms in total. The van der Waals surface area contributed by atoms with Crippen molar-refractivity contribution in [2.45, 2.75) is 25.8 Å². The number of benzene rings is 1. The molecule has 2 aromatic heterocycles. The summed E-state index contributed by atoms with van der Waals surface area (Å²) in [5.74, 6) is 0.404. The quantitative estimate of drug-likeness (QED) is 0.695. The van der Waals surface area contributed by atoms with Gasteiger partial charge in [-0.2, -0.15) is 11.3 Å². The maximum atomic E-state index is 13.0. The lowest BCUT2D eigenvalue weighted by Crippen LogP contribution is -2.43. The summed E-state index contributed by atoms with van der Waals surface area (Å²) in [6, 6.07) is 13.5. The van der Waals surface area contributed by atoms with Gasteiger partial charge in [0, 0.05) is 25.1 Å². The Morgan fingerprint density at radius 1 is 1.17 bits per heavy atom. The highest BCUT2D eigenvalue weighted by atomic mass is 32.1. The maximum Gasteiger partial charge on any atom is 0.276 e. The fourth-order valence-corrected chi connectivity index (χ4v) is 4.36. The van der Waals surface area contributed by atoms with E-state index in [1.54, 1.807) is 29.2 Å². The molecule has 0 radical (unpaired) electrons. The molecular formula is C22H23N3O3S. The maximum absolute atomic E-state index is 13.0. The molecule has 3 aromatic rings. The van der Waals surface area contributed by atoms with E-state index in [0.29, 0.717) is 37.4 Å². The van der Waals surface area contributed by atoms with E-state index in [-0.39, 0.29) is 23.8 Å². The zero-order valence-corrected chi connectivity index (χ0v) is 17.0. The SMILES string of the molecule is Cc1cc(C(=O)N2CCC(C(=O)NC(c3ccccc3)c3ccsc3)CC2)no1. The molecule has 1 aromatic carbocycles. The first kappa shape index (κ1) is 19.4. The number of nitrogens with one attached hydrogen (secondary N) is 1. The Morgan fingerprint density at radius 3 is 2.55 bits per heavy atom. The Bertz CT molecular complexity index is 960. The van der Waals surface area contributed by atoms with Crippen LogP contribution in [0, 0.1) is 12.8 Å². The zero-order chi connectivity index (χ0) is 20.2. The molecule has 1 aliphatic heterocycles. The van der Waals surface area contributed by atoms with Gasteiger partial charge in [0.05, 0.1) is 6.04 Å². The first-order chi connectivity index (χ1) is 14.1. The third-order valence-electron chi connectivity index (χ3n) is 5.30. The van der Waals surface area contributed by atoms with Gasteiger partial charge < -0.3 is 14.7 Å². The molecule has 2 amide bonds. The molecule has 0 bridgehead atoms. The lowest BCUT2D eigenvalue weighted by molar-refractivity contribution is -0.126. The predicted octanol–water partition coefficient (Wildman–Crippen LogP) is 3.80. The third-order valence-corrected chi connectivity index (χ3v) is 6.00. The van der Waals surface area contributed by atoms with Crippen LogP contribution >= 0.6 is 11.3 Å². The number of carbonyl (C=O) groups is 2. The van der Waals surface area contributed by atoms with Crippen molar-refractivity contribution in [3.05, 3.63) is 75.8 Å². The Morgan fingerprint density at radius 2 is 1.93 bits per heavy atom. The number of aromatic nitrogens is 1. The monoisotopic (exact) mass is 409 g/mol. The Labute approximate surface area is 173 Å². The number of carbonyl (C=O) groups excluding carboxylic acids is 2. The smallest absolute Gasteiger partial charge is 0.276 e. The molecule has 1 unspecified atom stereocenters. The third kappa shape index (κ3) is 4.40. The van der Waals surface area contributed by atoms with Gasteiger partial charge in [-0.25, -0.2) is 0 Å². The number of nitrogens with zero attached hydrogens (tertiary/aromatic N) is 2. The van der Waals surface area contributed by atoms with Gasteiger partial charge >= 0.3 is 0 Å². The Balaban J connectivity index is 1.39. The number of likely N-dealkylation sites (tertiary alicyclic amines) is 1. The Hall–Kier alpha value is -2.93. The number of piperidine rings is 1. The molecule has 29 heavy (non-hydrogen) atoms. The second-order valence-electron chi connectivity index (χ2n) is 7.30. The fourth-order valence-electron chi connectivity index (χ4n) is 3.68. The fraction of sp³-hybridized carbons (Fsp3) is 0.318. The van der Waals surface area contributed by atoms with E-state index in [2.05, 4.69) is 15.9 Å². The van der Waals surface area contributed by atoms with E-state index < -0.39 is 0 Å². The highest BCUT2D eigenvalue weighted by Gasteiger charge is 2.30. The summed E-state index contributed by atoms with van der Waals surface area (Å²) < 4.78 is 5.00. The molecule has 1 N–H and O–H groups in total. The van der Waals surface area contributed by atoms with Gasteiger partial charge in [0.1, 0.15) is 5.76 Å². The van der Waals surface area contributed by atoms with Gasteiger partial charge in [-0.3, -0.25) is 9.59 Å². The highest BCUT2D eigenvalue weighted by molar-refractivity contribution is 7.08. The molecule has 7 heteroatoms. The average molecular weight is 410 g/mol. The summed E-state index contributed by atoms with van der Waals surface area (Å²) in [5, 5.41) is 11.1. The topological polar surface area (TPSA) is 75.4 Å². The van der Waals surface area contributed by atoms with E-state index in [1.165, 1.54) is 0 Å². The number of rotatable bonds is 5. The molecule has 3 heterocycles. The van der Waals surface area contributed by atoms with Crippen molar-refractivity contribution in [1.29, 1.82) is 0 Å². The number of thiophene rings is 1. The largest absolute Gasteiger partial charge is 0.361 e.